The van der Waals surface area contributed by atoms with Crippen LogP contribution in [0.3, 0.4) is 0 Å². The number of fused-ring (bicyclic) bond motifs is 1. The number of nitriles is 1. The number of anilines is 2. The Morgan fingerprint density at radius 1 is 1.32 bits per heavy atom. The van der Waals surface area contributed by atoms with Crippen molar-refractivity contribution >= 4 is 23.2 Å². The van der Waals surface area contributed by atoms with Crippen LogP contribution in [-0.2, 0) is 15.1 Å². The molecule has 4 aliphatic rings. The highest BCUT2D eigenvalue weighted by molar-refractivity contribution is 6.08. The molecule has 1 saturated carbocycles. The topological polar surface area (TPSA) is 100 Å². The van der Waals surface area contributed by atoms with E-state index in [1.54, 1.807) is 4.90 Å². The molecule has 3 N–H and O–H groups in total. The zero-order chi connectivity index (χ0) is 24.1. The Labute approximate surface area is 199 Å². The lowest BCUT2D eigenvalue weighted by Gasteiger charge is -2.56. The molecule has 0 radical (unpaired) electrons. The summed E-state index contributed by atoms with van der Waals surface area (Å²) in [4.78, 5) is 30.2. The van der Waals surface area contributed by atoms with Gasteiger partial charge in [-0.1, -0.05) is 6.92 Å². The normalized spacial score (nSPS) is 27.9. The lowest BCUT2D eigenvalue weighted by atomic mass is 9.57. The highest BCUT2D eigenvalue weighted by Crippen LogP contribution is 2.52. The monoisotopic (exact) mass is 468 g/mol. The maximum Gasteiger partial charge on any atom is 0.249 e. The molecule has 1 aromatic carbocycles. The Hall–Kier alpha value is -2.86. The molecule has 1 spiro atoms. The predicted molar refractivity (Wildman–Crippen MR) is 126 cm³/mol. The lowest BCUT2D eigenvalue weighted by molar-refractivity contribution is -0.141. The van der Waals surface area contributed by atoms with E-state index >= 15 is 0 Å². The summed E-state index contributed by atoms with van der Waals surface area (Å²) in [7, 11) is 0. The van der Waals surface area contributed by atoms with Gasteiger partial charge in [0.05, 0.1) is 11.4 Å². The number of rotatable bonds is 6. The molecule has 0 bridgehead atoms. The van der Waals surface area contributed by atoms with E-state index in [4.69, 9.17) is 5.26 Å². The van der Waals surface area contributed by atoms with Gasteiger partial charge in [-0.3, -0.25) is 14.5 Å². The Balaban J connectivity index is 1.30. The standard InChI is InChI=1S/C25H33FN6O2/c1-3-25(19-8-17(26)9-20(28-4-2)21(19)30-23(25)34)32-7-5-6-18(12-32)29-22(33)16-10-24(11-16)13-31(14-24)15-27/h8-9,16,18,28H,3-7,10-14H2,1-2H3,(H,29,33)(H,30,34)/t18-,25?/m1/s1. The van der Waals surface area contributed by atoms with Gasteiger partial charge in [0.1, 0.15) is 11.4 Å². The highest BCUT2D eigenvalue weighted by atomic mass is 19.1. The molecular weight excluding hydrogens is 435 g/mol. The number of carbonyl (C=O) groups is 2. The third-order valence-corrected chi connectivity index (χ3v) is 8.27. The third-order valence-electron chi connectivity index (χ3n) is 8.27. The predicted octanol–water partition coefficient (Wildman–Crippen LogP) is 2.59. The first-order valence-electron chi connectivity index (χ1n) is 12.4. The summed E-state index contributed by atoms with van der Waals surface area (Å²) >= 11 is 0. The van der Waals surface area contributed by atoms with Gasteiger partial charge in [0, 0.05) is 49.1 Å². The highest BCUT2D eigenvalue weighted by Gasteiger charge is 2.55. The average Bonchev–Trinajstić information content (AvgIpc) is 3.04. The summed E-state index contributed by atoms with van der Waals surface area (Å²) in [6.45, 7) is 7.34. The van der Waals surface area contributed by atoms with Crippen LogP contribution in [0.1, 0.15) is 51.5 Å². The molecule has 3 aliphatic heterocycles. The first-order valence-corrected chi connectivity index (χ1v) is 12.4. The number of halogens is 1. The number of benzene rings is 1. The van der Waals surface area contributed by atoms with Crippen molar-refractivity contribution in [2.24, 2.45) is 11.3 Å². The summed E-state index contributed by atoms with van der Waals surface area (Å²) in [5.41, 5.74) is 1.15. The molecule has 1 aromatic rings. The van der Waals surface area contributed by atoms with Crippen LogP contribution in [0.15, 0.2) is 12.1 Å². The third kappa shape index (κ3) is 3.50. The van der Waals surface area contributed by atoms with Gasteiger partial charge in [0.15, 0.2) is 6.19 Å². The summed E-state index contributed by atoms with van der Waals surface area (Å²) < 4.78 is 14.6. The van der Waals surface area contributed by atoms with Gasteiger partial charge >= 0.3 is 0 Å². The van der Waals surface area contributed by atoms with Crippen LogP contribution in [0, 0.1) is 28.6 Å². The molecule has 3 fully saturated rings. The molecular formula is C25H33FN6O2. The number of likely N-dealkylation sites (tertiary alicyclic amines) is 2. The van der Waals surface area contributed by atoms with Crippen LogP contribution in [0.4, 0.5) is 15.8 Å². The molecule has 182 valence electrons. The molecule has 1 unspecified atom stereocenters. The molecule has 2 saturated heterocycles. The van der Waals surface area contributed by atoms with E-state index in [9.17, 15) is 14.0 Å². The number of piperidine rings is 1. The van der Waals surface area contributed by atoms with Crippen molar-refractivity contribution in [1.29, 1.82) is 5.26 Å². The van der Waals surface area contributed by atoms with E-state index in [-0.39, 0.29) is 35.0 Å². The van der Waals surface area contributed by atoms with E-state index < -0.39 is 5.54 Å². The van der Waals surface area contributed by atoms with Gasteiger partial charge in [-0.15, -0.1) is 0 Å². The fraction of sp³-hybridized carbons (Fsp3) is 0.640. The Kier molecular flexibility index (Phi) is 5.67. The molecule has 8 nitrogen and oxygen atoms in total. The maximum atomic E-state index is 14.6. The molecule has 3 heterocycles. The average molecular weight is 469 g/mol. The van der Waals surface area contributed by atoms with Crippen LogP contribution in [0.25, 0.3) is 0 Å². The first-order chi connectivity index (χ1) is 16.3. The molecule has 5 rings (SSSR count). The zero-order valence-corrected chi connectivity index (χ0v) is 19.9. The van der Waals surface area contributed by atoms with Gasteiger partial charge in [-0.25, -0.2) is 4.39 Å². The van der Waals surface area contributed by atoms with Crippen molar-refractivity contribution in [3.8, 4) is 6.19 Å². The first kappa shape index (κ1) is 22.9. The number of hydrogen-bond donors (Lipinski definition) is 3. The van der Waals surface area contributed by atoms with Crippen molar-refractivity contribution in [3.05, 3.63) is 23.5 Å². The zero-order valence-electron chi connectivity index (χ0n) is 19.9. The lowest BCUT2D eigenvalue weighted by Crippen LogP contribution is -2.63. The summed E-state index contributed by atoms with van der Waals surface area (Å²) in [5, 5.41) is 18.4. The van der Waals surface area contributed by atoms with Crippen LogP contribution in [-0.4, -0.2) is 60.4 Å². The van der Waals surface area contributed by atoms with Crippen molar-refractivity contribution < 1.29 is 14.0 Å². The summed E-state index contributed by atoms with van der Waals surface area (Å²) in [6, 6.07) is 2.87. The molecule has 2 atom stereocenters. The van der Waals surface area contributed by atoms with Gasteiger partial charge in [-0.05, 0) is 57.7 Å². The smallest absolute Gasteiger partial charge is 0.249 e. The Morgan fingerprint density at radius 3 is 2.76 bits per heavy atom. The quantitative estimate of drug-likeness (QED) is 0.555. The second-order valence-corrected chi connectivity index (χ2v) is 10.4. The minimum Gasteiger partial charge on any atom is -0.384 e. The van der Waals surface area contributed by atoms with Crippen molar-refractivity contribution in [1.82, 2.24) is 15.1 Å². The van der Waals surface area contributed by atoms with Crippen LogP contribution in [0.5, 0.6) is 0 Å². The van der Waals surface area contributed by atoms with E-state index in [2.05, 4.69) is 27.0 Å². The van der Waals surface area contributed by atoms with Crippen molar-refractivity contribution in [3.63, 3.8) is 0 Å². The molecule has 34 heavy (non-hydrogen) atoms. The van der Waals surface area contributed by atoms with Gasteiger partial charge < -0.3 is 20.9 Å². The number of nitrogens with one attached hydrogen (secondary N) is 3. The van der Waals surface area contributed by atoms with E-state index in [0.29, 0.717) is 36.4 Å². The minimum atomic E-state index is -0.946. The Morgan fingerprint density at radius 2 is 2.09 bits per heavy atom. The fourth-order valence-corrected chi connectivity index (χ4v) is 6.65. The molecule has 2 amide bonds. The largest absolute Gasteiger partial charge is 0.384 e. The van der Waals surface area contributed by atoms with Crippen LogP contribution < -0.4 is 16.0 Å². The van der Waals surface area contributed by atoms with Crippen molar-refractivity contribution in [2.75, 3.05) is 43.4 Å². The molecule has 0 aromatic heterocycles. The Bertz CT molecular complexity index is 1040. The molecule has 1 aliphatic carbocycles. The summed E-state index contributed by atoms with van der Waals surface area (Å²) in [6.07, 6.45) is 6.09. The maximum absolute atomic E-state index is 14.6. The van der Waals surface area contributed by atoms with E-state index in [1.807, 2.05) is 13.8 Å². The van der Waals surface area contributed by atoms with Crippen LogP contribution >= 0.6 is 0 Å². The number of carbonyl (C=O) groups excluding carboxylic acids is 2. The van der Waals surface area contributed by atoms with Gasteiger partial charge in [0.2, 0.25) is 11.8 Å². The second kappa shape index (κ2) is 8.42. The van der Waals surface area contributed by atoms with Crippen LogP contribution in [0.2, 0.25) is 0 Å². The second-order valence-electron chi connectivity index (χ2n) is 10.4. The van der Waals surface area contributed by atoms with Gasteiger partial charge in [0.25, 0.3) is 0 Å². The van der Waals surface area contributed by atoms with Crippen molar-refractivity contribution in [2.45, 2.75) is 57.5 Å². The van der Waals surface area contributed by atoms with E-state index in [0.717, 1.165) is 45.3 Å². The summed E-state index contributed by atoms with van der Waals surface area (Å²) in [5.74, 6) is -0.413. The minimum absolute atomic E-state index is 0.00336. The fourth-order valence-electron chi connectivity index (χ4n) is 6.65. The van der Waals surface area contributed by atoms with Gasteiger partial charge in [-0.2, -0.15) is 5.26 Å². The SMILES string of the molecule is CCNc1cc(F)cc2c1NC(=O)C2(CC)N1CCC[C@@H](NC(=O)C2CC3(C2)CN(C#N)C3)C1. The number of nitrogens with zero attached hydrogens (tertiary/aromatic N) is 3. The number of hydrogen-bond acceptors (Lipinski definition) is 6. The number of amides is 2. The molecule has 9 heteroatoms. The van der Waals surface area contributed by atoms with E-state index in [1.165, 1.54) is 12.1 Å².